The van der Waals surface area contributed by atoms with E-state index in [0.29, 0.717) is 24.7 Å². The van der Waals surface area contributed by atoms with Crippen LogP contribution in [-0.2, 0) is 6.42 Å². The van der Waals surface area contributed by atoms with Gasteiger partial charge in [0, 0.05) is 24.8 Å². The number of nitrogens with zero attached hydrogens (tertiary/aromatic N) is 3. The number of rotatable bonds is 5. The summed E-state index contributed by atoms with van der Waals surface area (Å²) in [4.78, 5) is 12.2. The Morgan fingerprint density at radius 3 is 3.00 bits per heavy atom. The predicted molar refractivity (Wildman–Crippen MR) is 92.6 cm³/mol. The first-order valence-corrected chi connectivity index (χ1v) is 8.11. The predicted octanol–water partition coefficient (Wildman–Crippen LogP) is 1.81. The first-order valence-electron chi connectivity index (χ1n) is 8.11. The summed E-state index contributed by atoms with van der Waals surface area (Å²) in [7, 11) is 0. The van der Waals surface area contributed by atoms with Gasteiger partial charge in [0.15, 0.2) is 0 Å². The average molecular weight is 354 g/mol. The van der Waals surface area contributed by atoms with Gasteiger partial charge in [0.1, 0.15) is 11.5 Å². The maximum Gasteiger partial charge on any atom is 0.271 e. The molecule has 7 nitrogen and oxygen atoms in total. The molecule has 0 aromatic carbocycles. The molecule has 1 aliphatic rings. The zero-order valence-electron chi connectivity index (χ0n) is 14.0. The van der Waals surface area contributed by atoms with E-state index in [0.717, 1.165) is 42.9 Å². The number of aryl methyl sites for hydroxylation is 2. The Morgan fingerprint density at radius 1 is 1.50 bits per heavy atom. The van der Waals surface area contributed by atoms with Crippen LogP contribution in [0.15, 0.2) is 16.8 Å². The maximum atomic E-state index is 12.2. The lowest BCUT2D eigenvalue weighted by Crippen LogP contribution is -2.32. The van der Waals surface area contributed by atoms with E-state index in [9.17, 15) is 4.79 Å². The van der Waals surface area contributed by atoms with Crippen LogP contribution in [-0.4, -0.2) is 40.5 Å². The average Bonchev–Trinajstić information content (AvgIpc) is 3.18. The number of carbonyl (C=O) groups is 1. The van der Waals surface area contributed by atoms with E-state index in [2.05, 4.69) is 20.9 Å². The number of carbonyl (C=O) groups excluding carboxylic acids is 1. The van der Waals surface area contributed by atoms with Gasteiger partial charge < -0.3 is 15.2 Å². The molecule has 24 heavy (non-hydrogen) atoms. The van der Waals surface area contributed by atoms with Crippen LogP contribution in [0, 0.1) is 13.8 Å². The number of hydrogen-bond donors (Lipinski definition) is 2. The maximum absolute atomic E-state index is 12.2. The molecule has 1 amide bonds. The topological polar surface area (TPSA) is 85.0 Å². The molecular formula is C16H24ClN5O2. The highest BCUT2D eigenvalue weighted by Crippen LogP contribution is 2.16. The van der Waals surface area contributed by atoms with Gasteiger partial charge in [0.2, 0.25) is 0 Å². The van der Waals surface area contributed by atoms with Gasteiger partial charge in [-0.3, -0.25) is 9.48 Å². The van der Waals surface area contributed by atoms with Crippen LogP contribution in [0.5, 0.6) is 0 Å². The largest absolute Gasteiger partial charge is 0.361 e. The molecule has 1 unspecified atom stereocenters. The summed E-state index contributed by atoms with van der Waals surface area (Å²) in [6, 6.07) is 2.12. The Bertz CT molecular complexity index is 656. The summed E-state index contributed by atoms with van der Waals surface area (Å²) in [5, 5.41) is 14.6. The third-order valence-corrected chi connectivity index (χ3v) is 4.33. The van der Waals surface area contributed by atoms with Crippen molar-refractivity contribution >= 4 is 18.3 Å². The number of aromatic nitrogens is 3. The number of hydrogen-bond acceptors (Lipinski definition) is 5. The normalized spacial score (nSPS) is 17.3. The standard InChI is InChI=1S/C16H23N5O2.ClH/c1-11-14(12(2)23-20-11)5-8-18-16(22)15-6-9-21(19-15)13-4-3-7-17-10-13;/h6,9,13,17H,3-5,7-8,10H2,1-2H3,(H,18,22);1H. The molecule has 2 aromatic heterocycles. The molecule has 1 saturated heterocycles. The van der Waals surface area contributed by atoms with Crippen molar-refractivity contribution in [2.75, 3.05) is 19.6 Å². The van der Waals surface area contributed by atoms with Crippen molar-refractivity contribution in [1.82, 2.24) is 25.6 Å². The van der Waals surface area contributed by atoms with Crippen molar-refractivity contribution in [2.45, 2.75) is 39.2 Å². The Balaban J connectivity index is 0.00000208. The lowest BCUT2D eigenvalue weighted by Gasteiger charge is -2.22. The number of halogens is 1. The quantitative estimate of drug-likeness (QED) is 0.856. The first-order chi connectivity index (χ1) is 11.1. The molecule has 1 fully saturated rings. The number of nitrogens with one attached hydrogen (secondary N) is 2. The summed E-state index contributed by atoms with van der Waals surface area (Å²) < 4.78 is 7.02. The van der Waals surface area contributed by atoms with Crippen LogP contribution in [0.3, 0.4) is 0 Å². The second-order valence-corrected chi connectivity index (χ2v) is 5.99. The minimum atomic E-state index is -0.140. The van der Waals surface area contributed by atoms with Gasteiger partial charge in [0.05, 0.1) is 11.7 Å². The molecule has 0 spiro atoms. The lowest BCUT2D eigenvalue weighted by molar-refractivity contribution is 0.0947. The van der Waals surface area contributed by atoms with E-state index in [1.807, 2.05) is 24.7 Å². The highest BCUT2D eigenvalue weighted by molar-refractivity contribution is 5.92. The van der Waals surface area contributed by atoms with E-state index < -0.39 is 0 Å². The third kappa shape index (κ3) is 4.15. The molecular weight excluding hydrogens is 330 g/mol. The summed E-state index contributed by atoms with van der Waals surface area (Å²) in [5.74, 6) is 0.671. The SMILES string of the molecule is Cc1noc(C)c1CCNC(=O)c1ccn(C2CCCNC2)n1.Cl. The van der Waals surface area contributed by atoms with E-state index in [1.54, 1.807) is 6.07 Å². The summed E-state index contributed by atoms with van der Waals surface area (Å²) >= 11 is 0. The zero-order valence-corrected chi connectivity index (χ0v) is 14.9. The van der Waals surface area contributed by atoms with Crippen LogP contribution in [0.1, 0.15) is 46.4 Å². The van der Waals surface area contributed by atoms with Gasteiger partial charge in [-0.1, -0.05) is 5.16 Å². The molecule has 3 heterocycles. The minimum Gasteiger partial charge on any atom is -0.361 e. The molecule has 1 aliphatic heterocycles. The third-order valence-electron chi connectivity index (χ3n) is 4.33. The molecule has 2 N–H and O–H groups in total. The Morgan fingerprint density at radius 2 is 2.33 bits per heavy atom. The molecule has 0 bridgehead atoms. The monoisotopic (exact) mass is 353 g/mol. The number of piperidine rings is 1. The van der Waals surface area contributed by atoms with Crippen molar-refractivity contribution in [3.05, 3.63) is 35.0 Å². The van der Waals surface area contributed by atoms with Crippen molar-refractivity contribution in [3.8, 4) is 0 Å². The summed E-state index contributed by atoms with van der Waals surface area (Å²) in [6.07, 6.45) is 4.84. The van der Waals surface area contributed by atoms with Crippen molar-refractivity contribution in [3.63, 3.8) is 0 Å². The summed E-state index contributed by atoms with van der Waals surface area (Å²) in [5.41, 5.74) is 2.41. The van der Waals surface area contributed by atoms with Gasteiger partial charge in [-0.25, -0.2) is 0 Å². The second-order valence-electron chi connectivity index (χ2n) is 5.99. The van der Waals surface area contributed by atoms with Crippen LogP contribution < -0.4 is 10.6 Å². The highest BCUT2D eigenvalue weighted by Gasteiger charge is 2.17. The highest BCUT2D eigenvalue weighted by atomic mass is 35.5. The lowest BCUT2D eigenvalue weighted by atomic mass is 10.1. The molecule has 1 atom stereocenters. The van der Waals surface area contributed by atoms with Crippen LogP contribution in [0.2, 0.25) is 0 Å². The van der Waals surface area contributed by atoms with Gasteiger partial charge in [-0.05, 0) is 45.7 Å². The minimum absolute atomic E-state index is 0. The van der Waals surface area contributed by atoms with E-state index in [-0.39, 0.29) is 18.3 Å². The summed E-state index contributed by atoms with van der Waals surface area (Å²) in [6.45, 7) is 6.31. The van der Waals surface area contributed by atoms with Gasteiger partial charge in [0.25, 0.3) is 5.91 Å². The van der Waals surface area contributed by atoms with Gasteiger partial charge in [-0.2, -0.15) is 5.10 Å². The Labute approximate surface area is 147 Å². The fourth-order valence-corrected chi connectivity index (χ4v) is 2.97. The number of amides is 1. The van der Waals surface area contributed by atoms with Gasteiger partial charge in [-0.15, -0.1) is 12.4 Å². The Hall–Kier alpha value is -1.86. The zero-order chi connectivity index (χ0) is 16.2. The van der Waals surface area contributed by atoms with E-state index in [1.165, 1.54) is 0 Å². The fraction of sp³-hybridized carbons (Fsp3) is 0.562. The van der Waals surface area contributed by atoms with E-state index in [4.69, 9.17) is 4.52 Å². The molecule has 132 valence electrons. The second kappa shape index (κ2) is 8.30. The molecule has 8 heteroatoms. The van der Waals surface area contributed by atoms with Crippen molar-refractivity contribution in [1.29, 1.82) is 0 Å². The molecule has 2 aromatic rings. The Kier molecular flexibility index (Phi) is 6.39. The molecule has 3 rings (SSSR count). The first kappa shape index (κ1) is 18.5. The van der Waals surface area contributed by atoms with Crippen LogP contribution in [0.25, 0.3) is 0 Å². The van der Waals surface area contributed by atoms with Gasteiger partial charge >= 0.3 is 0 Å². The fourth-order valence-electron chi connectivity index (χ4n) is 2.97. The van der Waals surface area contributed by atoms with E-state index >= 15 is 0 Å². The molecule has 0 aliphatic carbocycles. The molecule has 0 saturated carbocycles. The van der Waals surface area contributed by atoms with Crippen LogP contribution >= 0.6 is 12.4 Å². The smallest absolute Gasteiger partial charge is 0.271 e. The molecule has 0 radical (unpaired) electrons. The van der Waals surface area contributed by atoms with Crippen LogP contribution in [0.4, 0.5) is 0 Å². The van der Waals surface area contributed by atoms with Crippen molar-refractivity contribution in [2.24, 2.45) is 0 Å². The van der Waals surface area contributed by atoms with Crippen molar-refractivity contribution < 1.29 is 9.32 Å².